The molecule has 1 aromatic carbocycles. The van der Waals surface area contributed by atoms with Crippen molar-refractivity contribution in [3.8, 4) is 10.4 Å². The van der Waals surface area contributed by atoms with E-state index in [9.17, 15) is 4.39 Å². The molecule has 1 heterocycles. The summed E-state index contributed by atoms with van der Waals surface area (Å²) in [6.07, 6.45) is 15.4. The lowest BCUT2D eigenvalue weighted by Gasteiger charge is -2.26. The molecule has 166 valence electrons. The topological polar surface area (TPSA) is 60.8 Å². The van der Waals surface area contributed by atoms with Crippen LogP contribution in [0, 0.1) is 5.41 Å². The average molecular weight is 459 g/mol. The van der Waals surface area contributed by atoms with Crippen LogP contribution in [0.25, 0.3) is 10.4 Å². The number of alkyl halides is 1. The van der Waals surface area contributed by atoms with Gasteiger partial charge in [0, 0.05) is 52.5 Å². The highest BCUT2D eigenvalue weighted by Gasteiger charge is 2.23. The number of nitrogens with one attached hydrogen (secondary N) is 3. The molecule has 2 fully saturated rings. The predicted molar refractivity (Wildman–Crippen MR) is 131 cm³/mol. The number of benzene rings is 1. The number of thioether (sulfide) groups is 1. The Labute approximate surface area is 192 Å². The highest BCUT2D eigenvalue weighted by molar-refractivity contribution is 8.00. The molecule has 0 atom stereocenters. The first-order valence-corrected chi connectivity index (χ1v) is 13.0. The van der Waals surface area contributed by atoms with Crippen molar-refractivity contribution < 1.29 is 4.39 Å². The minimum Gasteiger partial charge on any atom is -0.387 e. The maximum absolute atomic E-state index is 12.3. The van der Waals surface area contributed by atoms with Crippen molar-refractivity contribution in [2.75, 3.05) is 18.5 Å². The second-order valence-electron chi connectivity index (χ2n) is 8.29. The van der Waals surface area contributed by atoms with Gasteiger partial charge in [-0.25, -0.2) is 9.37 Å². The van der Waals surface area contributed by atoms with Crippen LogP contribution >= 0.6 is 23.1 Å². The predicted octanol–water partition coefficient (Wildman–Crippen LogP) is 6.96. The van der Waals surface area contributed by atoms with Crippen molar-refractivity contribution in [2.45, 2.75) is 67.4 Å². The van der Waals surface area contributed by atoms with Crippen LogP contribution in [0.15, 0.2) is 41.2 Å². The van der Waals surface area contributed by atoms with Crippen LogP contribution in [0.2, 0.25) is 0 Å². The Morgan fingerprint density at radius 3 is 2.74 bits per heavy atom. The summed E-state index contributed by atoms with van der Waals surface area (Å²) >= 11 is 3.82. The van der Waals surface area contributed by atoms with E-state index in [0.717, 1.165) is 5.69 Å². The number of anilines is 1. The third-order valence-corrected chi connectivity index (χ3v) is 8.60. The third kappa shape index (κ3) is 5.89. The smallest absolute Gasteiger partial charge is 0.107 e. The lowest BCUT2D eigenvalue weighted by molar-refractivity contribution is 0.442. The van der Waals surface area contributed by atoms with E-state index >= 15 is 0 Å². The Balaban J connectivity index is 1.56. The standard InChI is InChI=1S/C24H31FN4S2/c25-11-12-27-15-19(14-26)29-18-9-10-21(22(13-18)30-20-7-4-8-20)23-16-28-24(31-23)17-5-2-1-3-6-17/h9-10,13-17,20,26-27,29H,1-8,11-12H2/b19-15+,26-14?. The highest BCUT2D eigenvalue weighted by atomic mass is 32.2. The Bertz CT molecular complexity index is 901. The van der Waals surface area contributed by atoms with Gasteiger partial charge < -0.3 is 16.0 Å². The molecule has 2 aliphatic rings. The van der Waals surface area contributed by atoms with Crippen molar-refractivity contribution in [2.24, 2.45) is 0 Å². The summed E-state index contributed by atoms with van der Waals surface area (Å²) in [6, 6.07) is 6.43. The molecule has 7 heteroatoms. The SMILES string of the molecule is N=C/C(=C\NCCF)Nc1ccc(-c2cnc(C3CCCCC3)s2)c(SC2CCC2)c1. The molecule has 2 saturated carbocycles. The van der Waals surface area contributed by atoms with Crippen molar-refractivity contribution in [3.63, 3.8) is 0 Å². The van der Waals surface area contributed by atoms with E-state index in [4.69, 9.17) is 10.4 Å². The minimum atomic E-state index is -0.434. The van der Waals surface area contributed by atoms with Gasteiger partial charge in [0.2, 0.25) is 0 Å². The molecule has 0 spiro atoms. The van der Waals surface area contributed by atoms with E-state index in [-0.39, 0.29) is 6.54 Å². The van der Waals surface area contributed by atoms with E-state index in [0.29, 0.717) is 16.9 Å². The summed E-state index contributed by atoms with van der Waals surface area (Å²) < 4.78 is 12.3. The molecule has 0 aliphatic heterocycles. The lowest BCUT2D eigenvalue weighted by Crippen LogP contribution is -2.13. The number of hydrogen-bond acceptors (Lipinski definition) is 6. The van der Waals surface area contributed by atoms with Gasteiger partial charge in [-0.05, 0) is 37.8 Å². The molecule has 2 aromatic rings. The van der Waals surface area contributed by atoms with Crippen LogP contribution < -0.4 is 10.6 Å². The second kappa shape index (κ2) is 11.1. The Hall–Kier alpha value is -1.86. The average Bonchev–Trinajstić information content (AvgIpc) is 3.26. The van der Waals surface area contributed by atoms with Crippen LogP contribution in [-0.4, -0.2) is 29.7 Å². The molecular formula is C24H31FN4S2. The van der Waals surface area contributed by atoms with Crippen LogP contribution in [0.4, 0.5) is 10.1 Å². The van der Waals surface area contributed by atoms with E-state index in [1.54, 1.807) is 6.20 Å². The van der Waals surface area contributed by atoms with Crippen molar-refractivity contribution in [1.82, 2.24) is 10.3 Å². The van der Waals surface area contributed by atoms with Crippen molar-refractivity contribution >= 4 is 35.0 Å². The van der Waals surface area contributed by atoms with Gasteiger partial charge in [0.1, 0.15) is 6.67 Å². The fourth-order valence-corrected chi connectivity index (χ4v) is 6.66. The number of nitrogens with zero attached hydrogens (tertiary/aromatic N) is 1. The van der Waals surface area contributed by atoms with Gasteiger partial charge >= 0.3 is 0 Å². The Kier molecular flexibility index (Phi) is 8.03. The number of allylic oxidation sites excluding steroid dienone is 1. The van der Waals surface area contributed by atoms with Gasteiger partial charge in [-0.1, -0.05) is 31.7 Å². The Morgan fingerprint density at radius 2 is 2.03 bits per heavy atom. The van der Waals surface area contributed by atoms with Crippen LogP contribution in [0.5, 0.6) is 0 Å². The van der Waals surface area contributed by atoms with Crippen molar-refractivity contribution in [1.29, 1.82) is 5.41 Å². The zero-order valence-corrected chi connectivity index (χ0v) is 19.5. The Morgan fingerprint density at radius 1 is 1.19 bits per heavy atom. The molecule has 4 nitrogen and oxygen atoms in total. The van der Waals surface area contributed by atoms with Gasteiger partial charge in [0.05, 0.1) is 15.6 Å². The quantitative estimate of drug-likeness (QED) is 0.266. The van der Waals surface area contributed by atoms with Gasteiger partial charge in [0.25, 0.3) is 0 Å². The molecule has 0 unspecified atom stereocenters. The molecule has 0 amide bonds. The molecule has 0 bridgehead atoms. The zero-order valence-electron chi connectivity index (χ0n) is 17.8. The number of halogens is 1. The van der Waals surface area contributed by atoms with E-state index < -0.39 is 6.67 Å². The molecule has 2 aliphatic carbocycles. The number of aromatic nitrogens is 1. The molecule has 0 radical (unpaired) electrons. The summed E-state index contributed by atoms with van der Waals surface area (Å²) in [7, 11) is 0. The van der Waals surface area contributed by atoms with Gasteiger partial charge in [0.15, 0.2) is 0 Å². The second-order valence-corrected chi connectivity index (χ2v) is 10.7. The first kappa shape index (κ1) is 22.3. The summed E-state index contributed by atoms with van der Waals surface area (Å²) in [6.45, 7) is -0.189. The zero-order chi connectivity index (χ0) is 21.5. The maximum Gasteiger partial charge on any atom is 0.107 e. The molecule has 0 saturated heterocycles. The summed E-state index contributed by atoms with van der Waals surface area (Å²) in [5.74, 6) is 0.633. The van der Waals surface area contributed by atoms with E-state index in [1.807, 2.05) is 23.1 Å². The molecular weight excluding hydrogens is 427 g/mol. The largest absolute Gasteiger partial charge is 0.387 e. The summed E-state index contributed by atoms with van der Waals surface area (Å²) in [5.41, 5.74) is 2.82. The normalized spacial score (nSPS) is 17.9. The summed E-state index contributed by atoms with van der Waals surface area (Å²) in [4.78, 5) is 7.34. The first-order chi connectivity index (χ1) is 15.3. The number of hydrogen-bond donors (Lipinski definition) is 3. The monoisotopic (exact) mass is 458 g/mol. The maximum atomic E-state index is 12.3. The van der Waals surface area contributed by atoms with Crippen LogP contribution in [-0.2, 0) is 0 Å². The van der Waals surface area contributed by atoms with E-state index in [1.165, 1.54) is 77.9 Å². The molecule has 31 heavy (non-hydrogen) atoms. The van der Waals surface area contributed by atoms with Gasteiger partial charge in [-0.3, -0.25) is 0 Å². The minimum absolute atomic E-state index is 0.245. The fraction of sp³-hybridized carbons (Fsp3) is 0.500. The molecule has 1 aromatic heterocycles. The molecule has 4 rings (SSSR count). The molecule has 3 N–H and O–H groups in total. The van der Waals surface area contributed by atoms with Gasteiger partial charge in [-0.2, -0.15) is 0 Å². The third-order valence-electron chi connectivity index (χ3n) is 6.01. The first-order valence-electron chi connectivity index (χ1n) is 11.3. The van der Waals surface area contributed by atoms with Gasteiger partial charge in [-0.15, -0.1) is 23.1 Å². The summed E-state index contributed by atoms with van der Waals surface area (Å²) in [5, 5.41) is 15.8. The van der Waals surface area contributed by atoms with Crippen LogP contribution in [0.1, 0.15) is 62.3 Å². The highest BCUT2D eigenvalue weighted by Crippen LogP contribution is 2.44. The lowest BCUT2D eigenvalue weighted by atomic mass is 9.90. The number of rotatable bonds is 10. The number of thiazole rings is 1. The fourth-order valence-electron chi connectivity index (χ4n) is 4.04. The van der Waals surface area contributed by atoms with Crippen molar-refractivity contribution in [3.05, 3.63) is 41.3 Å². The van der Waals surface area contributed by atoms with Crippen LogP contribution in [0.3, 0.4) is 0 Å². The van der Waals surface area contributed by atoms with E-state index in [2.05, 4.69) is 35.0 Å².